The molecule has 0 atom stereocenters. The van der Waals surface area contributed by atoms with Crippen molar-refractivity contribution in [1.29, 1.82) is 0 Å². The van der Waals surface area contributed by atoms with Gasteiger partial charge in [-0.15, -0.1) is 12.3 Å². The van der Waals surface area contributed by atoms with Gasteiger partial charge in [0, 0.05) is 13.1 Å². The van der Waals surface area contributed by atoms with Crippen LogP contribution < -0.4 is 5.32 Å². The third-order valence-corrected chi connectivity index (χ3v) is 6.24. The number of aromatic nitrogens is 2. The van der Waals surface area contributed by atoms with Gasteiger partial charge >= 0.3 is 0 Å². The summed E-state index contributed by atoms with van der Waals surface area (Å²) in [4.78, 5) is 4.84. The van der Waals surface area contributed by atoms with Crippen molar-refractivity contribution in [2.24, 2.45) is 0 Å². The Bertz CT molecular complexity index is 1330. The van der Waals surface area contributed by atoms with E-state index in [4.69, 9.17) is 0 Å². The lowest BCUT2D eigenvalue weighted by atomic mass is 10.2. The Morgan fingerprint density at radius 1 is 1.03 bits per heavy atom. The predicted molar refractivity (Wildman–Crippen MR) is 125 cm³/mol. The predicted octanol–water partition coefficient (Wildman–Crippen LogP) is 5.54. The zero-order chi connectivity index (χ0) is 21.8. The largest absolute Gasteiger partial charge is 0.572 e. The second kappa shape index (κ2) is 8.65. The summed E-state index contributed by atoms with van der Waals surface area (Å²) in [6.07, 6.45) is 1.82. The molecular weight excluding hydrogens is 408 g/mol. The first-order chi connectivity index (χ1) is 15.0. The maximum Gasteiger partial charge on any atom is 0.204 e. The fourth-order valence-electron chi connectivity index (χ4n) is 3.34. The molecule has 0 amide bonds. The van der Waals surface area contributed by atoms with Gasteiger partial charge in [-0.3, -0.25) is 0 Å². The average Bonchev–Trinajstić information content (AvgIpc) is 3.11. The van der Waals surface area contributed by atoms with Gasteiger partial charge in [0.2, 0.25) is 5.95 Å². The molecule has 0 aliphatic rings. The summed E-state index contributed by atoms with van der Waals surface area (Å²) in [5.41, 5.74) is 4.04. The number of fused-ring (bicyclic) bond motifs is 1. The van der Waals surface area contributed by atoms with Crippen molar-refractivity contribution < 1.29 is 8.42 Å². The highest BCUT2D eigenvalue weighted by atomic mass is 32.2. The molecule has 0 aliphatic carbocycles. The highest BCUT2D eigenvalue weighted by Crippen LogP contribution is 2.31. The molecule has 0 saturated heterocycles. The topological polar surface area (TPSA) is 78.1 Å². The maximum absolute atomic E-state index is 12.8. The molecule has 1 N–H and O–H groups in total. The van der Waals surface area contributed by atoms with Crippen LogP contribution in [0, 0.1) is 6.92 Å². The maximum atomic E-state index is 12.8. The summed E-state index contributed by atoms with van der Waals surface area (Å²) in [7, 11) is -3.81. The van der Waals surface area contributed by atoms with E-state index in [0.717, 1.165) is 22.2 Å². The van der Waals surface area contributed by atoms with Crippen LogP contribution in [-0.2, 0) is 23.1 Å². The molecule has 0 fully saturated rings. The first-order valence-electron chi connectivity index (χ1n) is 9.90. The van der Waals surface area contributed by atoms with Crippen LogP contribution in [0.1, 0.15) is 11.1 Å². The Morgan fingerprint density at radius 3 is 2.52 bits per heavy atom. The number of imidazole rings is 1. The second-order valence-corrected chi connectivity index (χ2v) is 8.79. The number of anilines is 1. The van der Waals surface area contributed by atoms with E-state index < -0.39 is 10.0 Å². The lowest BCUT2D eigenvalue weighted by molar-refractivity contribution is 0.603. The molecule has 7 heteroatoms. The van der Waals surface area contributed by atoms with E-state index in [-0.39, 0.29) is 4.90 Å². The zero-order valence-corrected chi connectivity index (χ0v) is 18.0. The number of para-hydroxylation sites is 2. The summed E-state index contributed by atoms with van der Waals surface area (Å²) >= 11 is 0. The molecule has 4 rings (SSSR count). The Kier molecular flexibility index (Phi) is 5.77. The Labute approximate surface area is 182 Å². The molecule has 0 saturated carbocycles. The number of nitrogens with one attached hydrogen (secondary N) is 1. The fraction of sp³-hybridized carbons (Fsp3) is 0.125. The molecule has 4 aromatic rings. The van der Waals surface area contributed by atoms with Crippen molar-refractivity contribution in [2.45, 2.75) is 24.9 Å². The summed E-state index contributed by atoms with van der Waals surface area (Å²) in [5, 5.41) is 3.33. The molecule has 0 unspecified atom stereocenters. The standard InChI is InChI=1S/C24H23N4O2S/c1-3-16-28-23-11-7-6-10-22(23)26-24(28)25-17-19-8-4-5-9-21(19)27-31(29,30)20-14-12-18(2)13-15-20/h3-15H,1,16-17H2,2H3,(H,25,26)/q-1. The van der Waals surface area contributed by atoms with Crippen molar-refractivity contribution in [3.8, 4) is 0 Å². The molecule has 0 aliphatic heterocycles. The van der Waals surface area contributed by atoms with Gasteiger partial charge in [-0.2, -0.15) is 0 Å². The number of hydrogen-bond donors (Lipinski definition) is 1. The monoisotopic (exact) mass is 431 g/mol. The normalized spacial score (nSPS) is 11.4. The average molecular weight is 432 g/mol. The number of benzene rings is 3. The van der Waals surface area contributed by atoms with Crippen LogP contribution >= 0.6 is 0 Å². The summed E-state index contributed by atoms with van der Waals surface area (Å²) in [5.74, 6) is 0.692. The van der Waals surface area contributed by atoms with E-state index in [1.807, 2.05) is 54.0 Å². The van der Waals surface area contributed by atoms with E-state index in [2.05, 4.69) is 21.6 Å². The first kappa shape index (κ1) is 20.7. The van der Waals surface area contributed by atoms with Crippen LogP contribution in [0.2, 0.25) is 0 Å². The van der Waals surface area contributed by atoms with E-state index in [9.17, 15) is 8.42 Å². The summed E-state index contributed by atoms with van der Waals surface area (Å²) in [6.45, 7) is 6.73. The Balaban J connectivity index is 1.59. The molecule has 1 aromatic heterocycles. The summed E-state index contributed by atoms with van der Waals surface area (Å²) < 4.78 is 31.7. The minimum atomic E-state index is -3.81. The van der Waals surface area contributed by atoms with Crippen LogP contribution in [0.4, 0.5) is 11.6 Å². The minimum Gasteiger partial charge on any atom is -0.572 e. The molecular formula is C24H23N4O2S-. The van der Waals surface area contributed by atoms with Gasteiger partial charge in [0.25, 0.3) is 0 Å². The SMILES string of the molecule is C=CCn1c(NCc2ccccc2[N-]S(=O)(=O)c2ccc(C)cc2)nc2ccccc21. The van der Waals surface area contributed by atoms with Gasteiger partial charge in [0.05, 0.1) is 15.9 Å². The third kappa shape index (κ3) is 4.46. The van der Waals surface area contributed by atoms with Crippen LogP contribution in [0.25, 0.3) is 15.8 Å². The second-order valence-electron chi connectivity index (χ2n) is 7.19. The molecule has 0 spiro atoms. The van der Waals surface area contributed by atoms with Gasteiger partial charge in [0.15, 0.2) is 0 Å². The van der Waals surface area contributed by atoms with Crippen molar-refractivity contribution >= 4 is 32.7 Å². The number of nitrogens with zero attached hydrogens (tertiary/aromatic N) is 3. The molecule has 31 heavy (non-hydrogen) atoms. The lowest BCUT2D eigenvalue weighted by Gasteiger charge is -2.25. The third-order valence-electron chi connectivity index (χ3n) is 4.93. The number of allylic oxidation sites excluding steroid dienone is 1. The van der Waals surface area contributed by atoms with E-state index in [1.54, 1.807) is 36.4 Å². The van der Waals surface area contributed by atoms with Crippen molar-refractivity contribution in [3.05, 3.63) is 101 Å². The van der Waals surface area contributed by atoms with Gasteiger partial charge in [-0.25, -0.2) is 13.4 Å². The van der Waals surface area contributed by atoms with Gasteiger partial charge < -0.3 is 14.6 Å². The number of rotatable bonds is 8. The number of sulfonamides is 1. The van der Waals surface area contributed by atoms with E-state index in [0.29, 0.717) is 24.7 Å². The number of aryl methyl sites for hydroxylation is 1. The Morgan fingerprint density at radius 2 is 1.74 bits per heavy atom. The highest BCUT2D eigenvalue weighted by Gasteiger charge is 2.10. The first-order valence-corrected chi connectivity index (χ1v) is 11.3. The minimum absolute atomic E-state index is 0.175. The zero-order valence-electron chi connectivity index (χ0n) is 17.2. The van der Waals surface area contributed by atoms with E-state index >= 15 is 0 Å². The molecule has 6 nitrogen and oxygen atoms in total. The van der Waals surface area contributed by atoms with Crippen molar-refractivity contribution in [2.75, 3.05) is 5.32 Å². The van der Waals surface area contributed by atoms with Crippen LogP contribution in [0.3, 0.4) is 0 Å². The fourth-order valence-corrected chi connectivity index (χ4v) is 4.36. The Hall–Kier alpha value is -3.58. The van der Waals surface area contributed by atoms with Gasteiger partial charge in [0.1, 0.15) is 10.0 Å². The van der Waals surface area contributed by atoms with Gasteiger partial charge in [-0.1, -0.05) is 60.2 Å². The van der Waals surface area contributed by atoms with E-state index in [1.165, 1.54) is 0 Å². The van der Waals surface area contributed by atoms with Crippen molar-refractivity contribution in [1.82, 2.24) is 9.55 Å². The molecule has 3 aromatic carbocycles. The smallest absolute Gasteiger partial charge is 0.204 e. The molecule has 158 valence electrons. The summed E-state index contributed by atoms with van der Waals surface area (Å²) in [6, 6.07) is 21.8. The number of hydrogen-bond acceptors (Lipinski definition) is 4. The van der Waals surface area contributed by atoms with Crippen LogP contribution in [-0.4, -0.2) is 18.0 Å². The van der Waals surface area contributed by atoms with Crippen molar-refractivity contribution in [3.63, 3.8) is 0 Å². The quantitative estimate of drug-likeness (QED) is 0.372. The molecule has 0 bridgehead atoms. The molecule has 1 heterocycles. The molecule has 0 radical (unpaired) electrons. The van der Waals surface area contributed by atoms with Crippen LogP contribution in [0.15, 0.2) is 90.3 Å². The lowest BCUT2D eigenvalue weighted by Crippen LogP contribution is -2.08. The van der Waals surface area contributed by atoms with Gasteiger partial charge in [-0.05, 0) is 36.8 Å². The van der Waals surface area contributed by atoms with Crippen LogP contribution in [0.5, 0.6) is 0 Å². The highest BCUT2D eigenvalue weighted by molar-refractivity contribution is 7.94.